The molecule has 6 heteroatoms. The predicted molar refractivity (Wildman–Crippen MR) is 303 cm³/mol. The molecule has 342 valence electrons. The van der Waals surface area contributed by atoms with Crippen molar-refractivity contribution in [3.8, 4) is 11.1 Å². The van der Waals surface area contributed by atoms with Crippen LogP contribution < -0.4 is 31.1 Å². The number of anilines is 8. The molecule has 9 aromatic carbocycles. The lowest BCUT2D eigenvalue weighted by molar-refractivity contribution is 0.194. The molecule has 1 saturated carbocycles. The van der Waals surface area contributed by atoms with Gasteiger partial charge in [-0.3, -0.25) is 0 Å². The fourth-order valence-electron chi connectivity index (χ4n) is 14.2. The first-order chi connectivity index (χ1) is 34.7. The summed E-state index contributed by atoms with van der Waals surface area (Å²) in [5.41, 5.74) is 23.2. The number of para-hydroxylation sites is 2. The van der Waals surface area contributed by atoms with Crippen molar-refractivity contribution in [3.63, 3.8) is 0 Å². The summed E-state index contributed by atoms with van der Waals surface area (Å²) in [6, 6.07) is 66.5. The van der Waals surface area contributed by atoms with E-state index in [0.717, 1.165) is 34.0 Å². The van der Waals surface area contributed by atoms with Crippen molar-refractivity contribution in [3.05, 3.63) is 198 Å². The molecule has 11 aromatic rings. The van der Waals surface area contributed by atoms with Crippen LogP contribution in [0.3, 0.4) is 0 Å². The Morgan fingerprint density at radius 3 is 1.99 bits per heavy atom. The lowest BCUT2D eigenvalue weighted by Gasteiger charge is -2.51. The quantitative estimate of drug-likeness (QED) is 0.164. The standard InChI is InChI=1S/C65H52BN3OS/c1-39-33-41(3)60-55(34-39)69(65(5)32-14-13-31-64(60,65)4)44-28-30-50-54(38-44)68(52-24-16-22-48-46-20-10-12-26-59(46)71-63(48)52)57-36-40(2)35-56-61(57)66(50)49-29-27-43(42-17-7-6-8-18-42)37-53(49)67(56)51-23-15-21-47-45-19-9-11-25-58(45)70-62(47)51/h6-12,15-30,33-38H,13-14,31-32H2,1-5H3. The van der Waals surface area contributed by atoms with Gasteiger partial charge in [0.2, 0.25) is 0 Å². The normalized spacial score (nSPS) is 18.8. The van der Waals surface area contributed by atoms with E-state index in [1.54, 1.807) is 0 Å². The molecule has 1 aliphatic carbocycles. The summed E-state index contributed by atoms with van der Waals surface area (Å²) < 4.78 is 9.54. The van der Waals surface area contributed by atoms with E-state index in [1.165, 1.54) is 129 Å². The van der Waals surface area contributed by atoms with E-state index in [1.807, 2.05) is 11.3 Å². The number of fused-ring (bicyclic) bond motifs is 13. The van der Waals surface area contributed by atoms with Crippen LogP contribution in [0.25, 0.3) is 53.2 Å². The summed E-state index contributed by atoms with van der Waals surface area (Å²) >= 11 is 1.91. The number of hydrogen-bond acceptors (Lipinski definition) is 5. The minimum atomic E-state index is -0.0868. The van der Waals surface area contributed by atoms with Crippen LogP contribution >= 0.6 is 11.3 Å². The number of aryl methyl sites for hydroxylation is 3. The molecule has 0 saturated heterocycles. The molecule has 2 aromatic heterocycles. The summed E-state index contributed by atoms with van der Waals surface area (Å²) in [7, 11) is 0. The van der Waals surface area contributed by atoms with Gasteiger partial charge in [0, 0.05) is 65.8 Å². The Morgan fingerprint density at radius 1 is 0.507 bits per heavy atom. The van der Waals surface area contributed by atoms with Crippen molar-refractivity contribution in [2.75, 3.05) is 14.7 Å². The molecule has 1 fully saturated rings. The molecule has 0 bridgehead atoms. The van der Waals surface area contributed by atoms with E-state index in [-0.39, 0.29) is 17.7 Å². The van der Waals surface area contributed by atoms with Crippen LogP contribution in [-0.2, 0) is 5.41 Å². The molecule has 4 aliphatic rings. The fraction of sp³-hybridized carbons (Fsp3) is 0.169. The highest BCUT2D eigenvalue weighted by Gasteiger charge is 2.58. The topological polar surface area (TPSA) is 22.9 Å². The van der Waals surface area contributed by atoms with E-state index >= 15 is 0 Å². The highest BCUT2D eigenvalue weighted by molar-refractivity contribution is 7.26. The summed E-state index contributed by atoms with van der Waals surface area (Å²) in [5, 5.41) is 4.85. The zero-order valence-electron chi connectivity index (χ0n) is 40.8. The third-order valence-electron chi connectivity index (χ3n) is 17.3. The van der Waals surface area contributed by atoms with Crippen molar-refractivity contribution in [1.29, 1.82) is 0 Å². The largest absolute Gasteiger partial charge is 0.454 e. The summed E-state index contributed by atoms with van der Waals surface area (Å²) in [6.07, 6.45) is 4.84. The first kappa shape index (κ1) is 41.3. The molecule has 3 aliphatic heterocycles. The molecule has 0 amide bonds. The lowest BCUT2D eigenvalue weighted by atomic mass is 9.33. The average Bonchev–Trinajstić information content (AvgIpc) is 4.03. The Hall–Kier alpha value is -7.54. The van der Waals surface area contributed by atoms with Gasteiger partial charge in [0.05, 0.1) is 21.6 Å². The van der Waals surface area contributed by atoms with Crippen LogP contribution in [0.2, 0.25) is 0 Å². The van der Waals surface area contributed by atoms with Gasteiger partial charge in [-0.2, -0.15) is 0 Å². The van der Waals surface area contributed by atoms with Crippen LogP contribution in [0.4, 0.5) is 45.5 Å². The number of thiophene rings is 1. The van der Waals surface area contributed by atoms with Crippen molar-refractivity contribution >= 4 is 122 Å². The van der Waals surface area contributed by atoms with Gasteiger partial charge in [-0.1, -0.05) is 135 Å². The Labute approximate surface area is 419 Å². The van der Waals surface area contributed by atoms with E-state index in [0.29, 0.717) is 0 Å². The number of rotatable bonds is 4. The summed E-state index contributed by atoms with van der Waals surface area (Å²) in [6.45, 7) is 12.0. The predicted octanol–water partition coefficient (Wildman–Crippen LogP) is 16.4. The second kappa shape index (κ2) is 14.8. The van der Waals surface area contributed by atoms with Gasteiger partial charge in [-0.15, -0.1) is 11.3 Å². The van der Waals surface area contributed by atoms with E-state index < -0.39 is 0 Å². The van der Waals surface area contributed by atoms with Gasteiger partial charge >= 0.3 is 0 Å². The molecule has 0 N–H and O–H groups in total. The van der Waals surface area contributed by atoms with E-state index in [9.17, 15) is 0 Å². The number of nitrogens with zero attached hydrogens (tertiary/aromatic N) is 3. The molecular formula is C65H52BN3OS. The van der Waals surface area contributed by atoms with Crippen molar-refractivity contribution in [1.82, 2.24) is 0 Å². The zero-order chi connectivity index (χ0) is 47.5. The van der Waals surface area contributed by atoms with Gasteiger partial charge in [-0.05, 0) is 151 Å². The van der Waals surface area contributed by atoms with Crippen molar-refractivity contribution < 1.29 is 4.42 Å². The second-order valence-electron chi connectivity index (χ2n) is 21.3. The molecule has 2 unspecified atom stereocenters. The molecule has 4 nitrogen and oxygen atoms in total. The molecule has 15 rings (SSSR count). The van der Waals surface area contributed by atoms with Gasteiger partial charge < -0.3 is 19.1 Å². The number of hydrogen-bond donors (Lipinski definition) is 0. The van der Waals surface area contributed by atoms with Crippen LogP contribution in [-0.4, -0.2) is 12.3 Å². The number of furan rings is 1. The molecule has 0 spiro atoms. The first-order valence-electron chi connectivity index (χ1n) is 25.5. The van der Waals surface area contributed by atoms with Gasteiger partial charge in [-0.25, -0.2) is 0 Å². The molecule has 5 heterocycles. The third kappa shape index (κ3) is 5.57. The van der Waals surface area contributed by atoms with Crippen LogP contribution in [0.1, 0.15) is 61.8 Å². The summed E-state index contributed by atoms with van der Waals surface area (Å²) in [4.78, 5) is 7.97. The van der Waals surface area contributed by atoms with E-state index in [4.69, 9.17) is 4.42 Å². The monoisotopic (exact) mass is 933 g/mol. The van der Waals surface area contributed by atoms with Gasteiger partial charge in [0.1, 0.15) is 5.58 Å². The average molecular weight is 934 g/mol. The van der Waals surface area contributed by atoms with Gasteiger partial charge in [0.15, 0.2) is 5.58 Å². The fourth-order valence-corrected chi connectivity index (χ4v) is 15.4. The van der Waals surface area contributed by atoms with Crippen molar-refractivity contribution in [2.45, 2.75) is 71.3 Å². The Bertz CT molecular complexity index is 4080. The SMILES string of the molecule is Cc1cc2c3c(c1)N(c1cccc4c1sc1ccccc14)c1cc(N4c5cc(C)cc(C)c5C5(C)CCCCC45C)ccc1B3c1ccc(-c3ccccc3)cc1N2c1cccc2c1oc1ccccc12. The third-order valence-corrected chi connectivity index (χ3v) is 18.5. The molecule has 71 heavy (non-hydrogen) atoms. The highest BCUT2D eigenvalue weighted by Crippen LogP contribution is 2.62. The summed E-state index contributed by atoms with van der Waals surface area (Å²) in [5.74, 6) is 0. The van der Waals surface area contributed by atoms with Crippen LogP contribution in [0.5, 0.6) is 0 Å². The minimum absolute atomic E-state index is 0.0279. The Kier molecular flexibility index (Phi) is 8.58. The first-order valence-corrected chi connectivity index (χ1v) is 26.3. The Morgan fingerprint density at radius 2 is 1.15 bits per heavy atom. The maximum absolute atomic E-state index is 6.93. The molecule has 2 atom stereocenters. The lowest BCUT2D eigenvalue weighted by Crippen LogP contribution is -2.61. The van der Waals surface area contributed by atoms with E-state index in [2.05, 4.69) is 225 Å². The number of benzene rings is 9. The maximum atomic E-state index is 6.93. The Balaban J connectivity index is 1.04. The zero-order valence-corrected chi connectivity index (χ0v) is 41.6. The second-order valence-corrected chi connectivity index (χ2v) is 22.4. The van der Waals surface area contributed by atoms with Crippen LogP contribution in [0.15, 0.2) is 180 Å². The minimum Gasteiger partial charge on any atom is -0.454 e. The smallest absolute Gasteiger partial charge is 0.252 e. The molecule has 0 radical (unpaired) electrons. The van der Waals surface area contributed by atoms with Gasteiger partial charge in [0.25, 0.3) is 6.71 Å². The molecular weight excluding hydrogens is 882 g/mol. The highest BCUT2D eigenvalue weighted by atomic mass is 32.1. The van der Waals surface area contributed by atoms with Crippen LogP contribution in [0, 0.1) is 20.8 Å². The van der Waals surface area contributed by atoms with Crippen molar-refractivity contribution in [2.24, 2.45) is 0 Å². The maximum Gasteiger partial charge on any atom is 0.252 e.